The molecule has 1 aliphatic rings. The molecule has 0 aliphatic carbocycles. The molecule has 1 aromatic heterocycles. The summed E-state index contributed by atoms with van der Waals surface area (Å²) >= 11 is 0. The Morgan fingerprint density at radius 1 is 1.12 bits per heavy atom. The maximum atomic E-state index is 10.7. The van der Waals surface area contributed by atoms with Crippen molar-refractivity contribution in [2.75, 3.05) is 23.8 Å². The summed E-state index contributed by atoms with van der Waals surface area (Å²) in [7, 11) is 0. The summed E-state index contributed by atoms with van der Waals surface area (Å²) in [6, 6.07) is 16.1. The fourth-order valence-corrected chi connectivity index (χ4v) is 3.32. The zero-order chi connectivity index (χ0) is 22.3. The lowest BCUT2D eigenvalue weighted by Gasteiger charge is -2.23. The Morgan fingerprint density at radius 2 is 1.88 bits per heavy atom. The van der Waals surface area contributed by atoms with Crippen LogP contribution in [0.2, 0.25) is 0 Å². The topological polar surface area (TPSA) is 129 Å². The molecule has 2 aromatic carbocycles. The van der Waals surface area contributed by atoms with Crippen molar-refractivity contribution in [2.24, 2.45) is 0 Å². The van der Waals surface area contributed by atoms with Crippen LogP contribution in [0.1, 0.15) is 18.4 Å². The maximum absolute atomic E-state index is 10.7. The van der Waals surface area contributed by atoms with E-state index in [0.29, 0.717) is 47.5 Å². The van der Waals surface area contributed by atoms with E-state index in [0.717, 1.165) is 18.4 Å². The highest BCUT2D eigenvalue weighted by Gasteiger charge is 2.17. The number of carbonyl (C=O) groups is 1. The van der Waals surface area contributed by atoms with Crippen LogP contribution in [-0.2, 0) is 4.74 Å². The maximum Gasteiger partial charge on any atom is 0.409 e. The van der Waals surface area contributed by atoms with Gasteiger partial charge in [-0.15, -0.1) is 0 Å². The lowest BCUT2D eigenvalue weighted by Crippen LogP contribution is -2.26. The van der Waals surface area contributed by atoms with Crippen molar-refractivity contribution in [1.82, 2.24) is 9.97 Å². The predicted molar refractivity (Wildman–Crippen MR) is 118 cm³/mol. The largest absolute Gasteiger partial charge is 0.489 e. The van der Waals surface area contributed by atoms with Gasteiger partial charge in [0, 0.05) is 36.0 Å². The van der Waals surface area contributed by atoms with Gasteiger partial charge in [0.05, 0.1) is 24.5 Å². The standard InChI is InChI=1S/C23H21N5O4/c24-14-16-13-15(1-6-21(16)32-19-8-11-31-12-9-19)20-7-10-25-22(28-20)26-17-2-4-18(5-3-17)27-23(29)30/h1-7,10,13,19,27H,8-9,11-12H2,(H,29,30)(H,25,26,28). The first kappa shape index (κ1) is 21.1. The summed E-state index contributed by atoms with van der Waals surface area (Å²) in [4.78, 5) is 19.5. The van der Waals surface area contributed by atoms with Crippen LogP contribution in [0.25, 0.3) is 11.3 Å². The number of nitrogens with one attached hydrogen (secondary N) is 2. The number of anilines is 3. The van der Waals surface area contributed by atoms with E-state index >= 15 is 0 Å². The zero-order valence-corrected chi connectivity index (χ0v) is 17.1. The monoisotopic (exact) mass is 431 g/mol. The normalized spacial score (nSPS) is 13.7. The van der Waals surface area contributed by atoms with E-state index in [1.165, 1.54) is 0 Å². The molecule has 1 fully saturated rings. The molecule has 1 saturated heterocycles. The van der Waals surface area contributed by atoms with Crippen LogP contribution >= 0.6 is 0 Å². The fraction of sp³-hybridized carbons (Fsp3) is 0.217. The number of nitrogens with zero attached hydrogens (tertiary/aromatic N) is 3. The molecule has 0 spiro atoms. The molecular formula is C23H21N5O4. The number of aromatic nitrogens is 2. The molecule has 3 aromatic rings. The number of amides is 1. The minimum absolute atomic E-state index is 0.0497. The molecule has 2 heterocycles. The van der Waals surface area contributed by atoms with E-state index < -0.39 is 6.09 Å². The molecule has 0 radical (unpaired) electrons. The second-order valence-electron chi connectivity index (χ2n) is 7.15. The molecule has 162 valence electrons. The molecule has 1 amide bonds. The number of rotatable bonds is 6. The van der Waals surface area contributed by atoms with Crippen molar-refractivity contribution in [3.63, 3.8) is 0 Å². The number of carboxylic acid groups (broad SMARTS) is 1. The molecule has 32 heavy (non-hydrogen) atoms. The van der Waals surface area contributed by atoms with E-state index in [2.05, 4.69) is 26.7 Å². The van der Waals surface area contributed by atoms with Gasteiger partial charge < -0.3 is 19.9 Å². The van der Waals surface area contributed by atoms with E-state index in [4.69, 9.17) is 14.6 Å². The van der Waals surface area contributed by atoms with Crippen LogP contribution < -0.4 is 15.4 Å². The van der Waals surface area contributed by atoms with Gasteiger partial charge in [-0.25, -0.2) is 14.8 Å². The first-order valence-electron chi connectivity index (χ1n) is 10.1. The molecule has 0 unspecified atom stereocenters. The van der Waals surface area contributed by atoms with Gasteiger partial charge in [0.15, 0.2) is 0 Å². The minimum Gasteiger partial charge on any atom is -0.489 e. The van der Waals surface area contributed by atoms with E-state index in [1.807, 2.05) is 6.07 Å². The average Bonchev–Trinajstić information content (AvgIpc) is 2.81. The quantitative estimate of drug-likeness (QED) is 0.523. The first-order chi connectivity index (χ1) is 15.6. The molecule has 0 atom stereocenters. The van der Waals surface area contributed by atoms with Crippen molar-refractivity contribution in [3.8, 4) is 23.1 Å². The fourth-order valence-electron chi connectivity index (χ4n) is 3.32. The van der Waals surface area contributed by atoms with Crippen LogP contribution in [0, 0.1) is 11.3 Å². The van der Waals surface area contributed by atoms with Crippen LogP contribution in [0.5, 0.6) is 5.75 Å². The Morgan fingerprint density at radius 3 is 2.59 bits per heavy atom. The van der Waals surface area contributed by atoms with E-state index in [9.17, 15) is 10.1 Å². The van der Waals surface area contributed by atoms with Crippen molar-refractivity contribution in [3.05, 3.63) is 60.3 Å². The van der Waals surface area contributed by atoms with Crippen LogP contribution in [0.4, 0.5) is 22.1 Å². The first-order valence-corrected chi connectivity index (χ1v) is 10.1. The number of ether oxygens (including phenoxy) is 2. The predicted octanol–water partition coefficient (Wildman–Crippen LogP) is 4.41. The van der Waals surface area contributed by atoms with Crippen molar-refractivity contribution in [2.45, 2.75) is 18.9 Å². The molecule has 9 heteroatoms. The van der Waals surface area contributed by atoms with Crippen molar-refractivity contribution >= 4 is 23.4 Å². The second-order valence-corrected chi connectivity index (χ2v) is 7.15. The lowest BCUT2D eigenvalue weighted by molar-refractivity contribution is 0.0254. The second kappa shape index (κ2) is 9.76. The highest BCUT2D eigenvalue weighted by molar-refractivity contribution is 5.83. The van der Waals surface area contributed by atoms with Crippen LogP contribution in [0.15, 0.2) is 54.7 Å². The summed E-state index contributed by atoms with van der Waals surface area (Å²) in [5, 5.41) is 23.7. The summed E-state index contributed by atoms with van der Waals surface area (Å²) in [6.45, 7) is 1.33. The average molecular weight is 431 g/mol. The van der Waals surface area contributed by atoms with Gasteiger partial charge in [-0.3, -0.25) is 5.32 Å². The van der Waals surface area contributed by atoms with Crippen molar-refractivity contribution < 1.29 is 19.4 Å². The third kappa shape index (κ3) is 5.30. The number of hydrogen-bond donors (Lipinski definition) is 3. The van der Waals surface area contributed by atoms with E-state index in [1.54, 1.807) is 48.7 Å². The smallest absolute Gasteiger partial charge is 0.409 e. The van der Waals surface area contributed by atoms with Gasteiger partial charge in [-0.05, 0) is 48.5 Å². The highest BCUT2D eigenvalue weighted by Crippen LogP contribution is 2.28. The third-order valence-electron chi connectivity index (χ3n) is 4.91. The van der Waals surface area contributed by atoms with Gasteiger partial charge in [0.2, 0.25) is 5.95 Å². The molecule has 9 nitrogen and oxygen atoms in total. The zero-order valence-electron chi connectivity index (χ0n) is 17.1. The Kier molecular flexibility index (Phi) is 6.43. The van der Waals surface area contributed by atoms with Crippen molar-refractivity contribution in [1.29, 1.82) is 5.26 Å². The van der Waals surface area contributed by atoms with Crippen LogP contribution in [0.3, 0.4) is 0 Å². The SMILES string of the molecule is N#Cc1cc(-c2ccnc(Nc3ccc(NC(=O)O)cc3)n2)ccc1OC1CCOCC1. The molecule has 3 N–H and O–H groups in total. The summed E-state index contributed by atoms with van der Waals surface area (Å²) < 4.78 is 11.4. The molecule has 0 bridgehead atoms. The summed E-state index contributed by atoms with van der Waals surface area (Å²) in [6.07, 6.45) is 2.17. The Labute approximate surface area is 184 Å². The summed E-state index contributed by atoms with van der Waals surface area (Å²) in [5.41, 5.74) is 3.04. The Balaban J connectivity index is 1.50. The van der Waals surface area contributed by atoms with Gasteiger partial charge in [-0.1, -0.05) is 0 Å². The van der Waals surface area contributed by atoms with Gasteiger partial charge in [-0.2, -0.15) is 5.26 Å². The molecule has 1 aliphatic heterocycles. The van der Waals surface area contributed by atoms with Gasteiger partial charge in [0.25, 0.3) is 0 Å². The minimum atomic E-state index is -1.12. The van der Waals surface area contributed by atoms with Gasteiger partial charge in [0.1, 0.15) is 17.9 Å². The highest BCUT2D eigenvalue weighted by atomic mass is 16.5. The molecule has 0 saturated carbocycles. The molecule has 4 rings (SSSR count). The summed E-state index contributed by atoms with van der Waals surface area (Å²) in [5.74, 6) is 0.938. The third-order valence-corrected chi connectivity index (χ3v) is 4.91. The van der Waals surface area contributed by atoms with Gasteiger partial charge >= 0.3 is 6.09 Å². The number of benzene rings is 2. The van der Waals surface area contributed by atoms with Crippen LogP contribution in [-0.4, -0.2) is 40.5 Å². The van der Waals surface area contributed by atoms with E-state index in [-0.39, 0.29) is 6.10 Å². The number of nitriles is 1. The number of hydrogen-bond acceptors (Lipinski definition) is 7. The molecular weight excluding hydrogens is 410 g/mol. The lowest BCUT2D eigenvalue weighted by atomic mass is 10.1. The Hall–Kier alpha value is -4.16. The Bertz CT molecular complexity index is 1140.